The molecule has 8 heteroatoms. The molecule has 0 saturated carbocycles. The molecule has 0 heterocycles. The topological polar surface area (TPSA) is 131 Å². The van der Waals surface area contributed by atoms with Gasteiger partial charge in [0.1, 0.15) is 11.8 Å². The smallest absolute Gasteiger partial charge is 0.337 e. The summed E-state index contributed by atoms with van der Waals surface area (Å²) in [5, 5.41) is 15.1. The number of carbonyl (C=O) groups is 3. The number of amides is 2. The second kappa shape index (κ2) is 12.0. The molecule has 1 unspecified atom stereocenters. The molecule has 0 radical (unpaired) electrons. The maximum Gasteiger partial charge on any atom is 0.337 e. The van der Waals surface area contributed by atoms with Crippen LogP contribution in [0.2, 0.25) is 0 Å². The SMILES string of the molecule is COC(=O)c1ccc(CCCNC(=O)[C@@H](C)NC(=O)C(N)Cc2c(C)cc(O)cc2C)cc1. The highest BCUT2D eigenvalue weighted by Gasteiger charge is 2.21. The number of phenols is 1. The molecule has 2 aromatic carbocycles. The second-order valence-electron chi connectivity index (χ2n) is 8.18. The number of phenolic OH excluding ortho intramolecular Hbond substituents is 1. The minimum atomic E-state index is -0.810. The van der Waals surface area contributed by atoms with E-state index in [1.165, 1.54) is 7.11 Å². The number of nitrogens with two attached hydrogens (primary N) is 1. The van der Waals surface area contributed by atoms with Crippen LogP contribution < -0.4 is 16.4 Å². The van der Waals surface area contributed by atoms with Crippen LogP contribution in [0, 0.1) is 13.8 Å². The predicted octanol–water partition coefficient (Wildman–Crippen LogP) is 1.92. The first kappa shape index (κ1) is 25.9. The molecule has 0 fully saturated rings. The Balaban J connectivity index is 1.76. The van der Waals surface area contributed by atoms with Gasteiger partial charge in [-0.3, -0.25) is 9.59 Å². The zero-order valence-electron chi connectivity index (χ0n) is 19.6. The highest BCUT2D eigenvalue weighted by molar-refractivity contribution is 5.90. The van der Waals surface area contributed by atoms with Crippen molar-refractivity contribution >= 4 is 17.8 Å². The first-order valence-corrected chi connectivity index (χ1v) is 10.9. The average molecular weight is 456 g/mol. The van der Waals surface area contributed by atoms with Crippen LogP contribution in [0.5, 0.6) is 5.75 Å². The van der Waals surface area contributed by atoms with Gasteiger partial charge in [-0.15, -0.1) is 0 Å². The third kappa shape index (κ3) is 7.61. The van der Waals surface area contributed by atoms with Crippen molar-refractivity contribution in [2.75, 3.05) is 13.7 Å². The number of nitrogens with one attached hydrogen (secondary N) is 2. The van der Waals surface area contributed by atoms with Gasteiger partial charge in [0.15, 0.2) is 0 Å². The summed E-state index contributed by atoms with van der Waals surface area (Å²) in [6.07, 6.45) is 1.76. The van der Waals surface area contributed by atoms with Crippen LogP contribution in [0.25, 0.3) is 0 Å². The van der Waals surface area contributed by atoms with E-state index in [-0.39, 0.29) is 17.6 Å². The maximum absolute atomic E-state index is 12.5. The molecule has 2 aromatic rings. The second-order valence-corrected chi connectivity index (χ2v) is 8.18. The van der Waals surface area contributed by atoms with E-state index >= 15 is 0 Å². The standard InChI is InChI=1S/C25H33N3O5/c1-15-12-20(29)13-16(2)21(15)14-22(26)24(31)28-17(3)23(30)27-11-5-6-18-7-9-19(10-8-18)25(32)33-4/h7-10,12-13,17,22,29H,5-6,11,14,26H2,1-4H3,(H,27,30)(H,28,31)/t17-,22?/m1/s1. The predicted molar refractivity (Wildman–Crippen MR) is 126 cm³/mol. The normalized spacial score (nSPS) is 12.5. The van der Waals surface area contributed by atoms with E-state index in [0.717, 1.165) is 28.7 Å². The number of rotatable bonds is 10. The van der Waals surface area contributed by atoms with Crippen molar-refractivity contribution in [2.45, 2.75) is 52.1 Å². The van der Waals surface area contributed by atoms with Gasteiger partial charge in [0.25, 0.3) is 0 Å². The maximum atomic E-state index is 12.5. The average Bonchev–Trinajstić information content (AvgIpc) is 2.78. The first-order valence-electron chi connectivity index (χ1n) is 10.9. The Labute approximate surface area is 194 Å². The van der Waals surface area contributed by atoms with Crippen LogP contribution in [0.4, 0.5) is 0 Å². The molecule has 8 nitrogen and oxygen atoms in total. The highest BCUT2D eigenvalue weighted by Crippen LogP contribution is 2.21. The van der Waals surface area contributed by atoms with Crippen LogP contribution in [0.1, 0.15) is 46.0 Å². The van der Waals surface area contributed by atoms with E-state index < -0.39 is 18.0 Å². The van der Waals surface area contributed by atoms with Gasteiger partial charge in [-0.2, -0.15) is 0 Å². The summed E-state index contributed by atoms with van der Waals surface area (Å²) in [5.74, 6) is -0.892. The van der Waals surface area contributed by atoms with E-state index in [2.05, 4.69) is 15.4 Å². The summed E-state index contributed by atoms with van der Waals surface area (Å²) in [6.45, 7) is 5.78. The third-order valence-electron chi connectivity index (χ3n) is 5.51. The summed E-state index contributed by atoms with van der Waals surface area (Å²) in [7, 11) is 1.34. The molecule has 2 amide bonds. The summed E-state index contributed by atoms with van der Waals surface area (Å²) < 4.78 is 4.68. The van der Waals surface area contributed by atoms with E-state index in [0.29, 0.717) is 24.9 Å². The molecule has 0 aliphatic rings. The molecule has 0 bridgehead atoms. The summed E-state index contributed by atoms with van der Waals surface area (Å²) in [5.41, 5.74) is 10.2. The lowest BCUT2D eigenvalue weighted by Crippen LogP contribution is -2.51. The van der Waals surface area contributed by atoms with Gasteiger partial charge in [-0.05, 0) is 86.6 Å². The van der Waals surface area contributed by atoms with E-state index in [1.54, 1.807) is 31.2 Å². The lowest BCUT2D eigenvalue weighted by molar-refractivity contribution is -0.129. The monoisotopic (exact) mass is 455 g/mol. The molecule has 178 valence electrons. The number of benzene rings is 2. The first-order chi connectivity index (χ1) is 15.6. The van der Waals surface area contributed by atoms with Crippen LogP contribution in [0.15, 0.2) is 36.4 Å². The molecule has 2 rings (SSSR count). The summed E-state index contributed by atoms with van der Waals surface area (Å²) >= 11 is 0. The number of methoxy groups -OCH3 is 1. The number of aryl methyl sites for hydroxylation is 3. The number of hydrogen-bond donors (Lipinski definition) is 4. The molecule has 0 saturated heterocycles. The van der Waals surface area contributed by atoms with E-state index in [1.807, 2.05) is 26.0 Å². The quantitative estimate of drug-likeness (QED) is 0.320. The van der Waals surface area contributed by atoms with Crippen molar-refractivity contribution in [3.05, 3.63) is 64.2 Å². The molecule has 0 aromatic heterocycles. The summed E-state index contributed by atoms with van der Waals surface area (Å²) in [4.78, 5) is 36.2. The van der Waals surface area contributed by atoms with Crippen molar-refractivity contribution in [2.24, 2.45) is 5.73 Å². The van der Waals surface area contributed by atoms with Crippen molar-refractivity contribution in [3.8, 4) is 5.75 Å². The molecule has 0 spiro atoms. The lowest BCUT2D eigenvalue weighted by Gasteiger charge is -2.19. The largest absolute Gasteiger partial charge is 0.508 e. The third-order valence-corrected chi connectivity index (χ3v) is 5.51. The number of carbonyl (C=O) groups excluding carboxylic acids is 3. The van der Waals surface area contributed by atoms with Gasteiger partial charge < -0.3 is 26.2 Å². The van der Waals surface area contributed by atoms with Crippen molar-refractivity contribution < 1.29 is 24.2 Å². The number of hydrogen-bond acceptors (Lipinski definition) is 6. The molecule has 5 N–H and O–H groups in total. The number of ether oxygens (including phenoxy) is 1. The minimum Gasteiger partial charge on any atom is -0.508 e. The number of esters is 1. The van der Waals surface area contributed by atoms with Gasteiger partial charge in [-0.25, -0.2) is 4.79 Å². The Bertz CT molecular complexity index is 965. The fourth-order valence-electron chi connectivity index (χ4n) is 3.57. The highest BCUT2D eigenvalue weighted by atomic mass is 16.5. The van der Waals surface area contributed by atoms with E-state index in [9.17, 15) is 19.5 Å². The fraction of sp³-hybridized carbons (Fsp3) is 0.400. The molecular formula is C25H33N3O5. The van der Waals surface area contributed by atoms with Gasteiger partial charge >= 0.3 is 5.97 Å². The Morgan fingerprint density at radius 2 is 1.67 bits per heavy atom. The zero-order chi connectivity index (χ0) is 24.5. The lowest BCUT2D eigenvalue weighted by atomic mass is 9.96. The fourth-order valence-corrected chi connectivity index (χ4v) is 3.57. The van der Waals surface area contributed by atoms with Crippen LogP contribution in [0.3, 0.4) is 0 Å². The Kier molecular flexibility index (Phi) is 9.42. The number of aromatic hydroxyl groups is 1. The Morgan fingerprint density at radius 1 is 1.06 bits per heavy atom. The van der Waals surface area contributed by atoms with Crippen molar-refractivity contribution in [1.29, 1.82) is 0 Å². The zero-order valence-corrected chi connectivity index (χ0v) is 19.6. The summed E-state index contributed by atoms with van der Waals surface area (Å²) in [6, 6.07) is 8.88. The van der Waals surface area contributed by atoms with Crippen LogP contribution >= 0.6 is 0 Å². The molecule has 2 atom stereocenters. The van der Waals surface area contributed by atoms with Gasteiger partial charge in [-0.1, -0.05) is 12.1 Å². The Morgan fingerprint density at radius 3 is 2.24 bits per heavy atom. The van der Waals surface area contributed by atoms with Crippen molar-refractivity contribution in [1.82, 2.24) is 10.6 Å². The van der Waals surface area contributed by atoms with Gasteiger partial charge in [0.2, 0.25) is 11.8 Å². The molecule has 0 aliphatic heterocycles. The van der Waals surface area contributed by atoms with Crippen molar-refractivity contribution in [3.63, 3.8) is 0 Å². The molecule has 0 aliphatic carbocycles. The van der Waals surface area contributed by atoms with Gasteiger partial charge in [0, 0.05) is 6.54 Å². The van der Waals surface area contributed by atoms with Gasteiger partial charge in [0.05, 0.1) is 18.7 Å². The van der Waals surface area contributed by atoms with Crippen LogP contribution in [-0.2, 0) is 27.2 Å². The van der Waals surface area contributed by atoms with E-state index in [4.69, 9.17) is 5.73 Å². The Hall–Kier alpha value is -3.39. The van der Waals surface area contributed by atoms with Crippen LogP contribution in [-0.4, -0.2) is 48.6 Å². The molecule has 33 heavy (non-hydrogen) atoms. The minimum absolute atomic E-state index is 0.176. The molecular weight excluding hydrogens is 422 g/mol.